The zero-order chi connectivity index (χ0) is 11.4. The Labute approximate surface area is 102 Å². The first-order valence-corrected chi connectivity index (χ1v) is 5.68. The largest absolute Gasteiger partial charge is 0.497 e. The number of halogens is 1. The molecule has 0 saturated carbocycles. The van der Waals surface area contributed by atoms with E-state index in [4.69, 9.17) is 21.1 Å². The predicted molar refractivity (Wildman–Crippen MR) is 62.2 cm³/mol. The van der Waals surface area contributed by atoms with Crippen molar-refractivity contribution in [1.82, 2.24) is 9.59 Å². The van der Waals surface area contributed by atoms with E-state index in [9.17, 15) is 0 Å². The van der Waals surface area contributed by atoms with Crippen LogP contribution in [0.15, 0.2) is 24.3 Å². The Hall–Kier alpha value is -1.33. The second-order valence-electron chi connectivity index (χ2n) is 2.96. The molecule has 0 saturated heterocycles. The molecule has 0 N–H and O–H groups in total. The van der Waals surface area contributed by atoms with Crippen molar-refractivity contribution >= 4 is 23.1 Å². The minimum atomic E-state index is 0.308. The maximum Gasteiger partial charge on any atom is 0.141 e. The molecule has 0 aliphatic heterocycles. The summed E-state index contributed by atoms with van der Waals surface area (Å²) in [5.74, 6) is 1.46. The molecular weight excluding hydrogens is 248 g/mol. The Morgan fingerprint density at radius 2 is 2.19 bits per heavy atom. The van der Waals surface area contributed by atoms with E-state index < -0.39 is 0 Å². The van der Waals surface area contributed by atoms with Crippen LogP contribution in [0.4, 0.5) is 0 Å². The van der Waals surface area contributed by atoms with Crippen LogP contribution in [-0.4, -0.2) is 16.7 Å². The third-order valence-corrected chi connectivity index (χ3v) is 2.91. The van der Waals surface area contributed by atoms with E-state index in [1.54, 1.807) is 13.2 Å². The first-order valence-electron chi connectivity index (χ1n) is 4.53. The smallest absolute Gasteiger partial charge is 0.141 e. The number of hydrogen-bond acceptors (Lipinski definition) is 5. The predicted octanol–water partition coefficient (Wildman–Crippen LogP) is 2.78. The highest BCUT2D eigenvalue weighted by Crippen LogP contribution is 2.22. The van der Waals surface area contributed by atoms with Crippen molar-refractivity contribution in [1.29, 1.82) is 0 Å². The van der Waals surface area contributed by atoms with Crippen LogP contribution in [0.25, 0.3) is 0 Å². The lowest BCUT2D eigenvalue weighted by molar-refractivity contribution is 0.299. The van der Waals surface area contributed by atoms with Gasteiger partial charge in [0.2, 0.25) is 0 Å². The average molecular weight is 257 g/mol. The Bertz CT molecular complexity index is 475. The van der Waals surface area contributed by atoms with Crippen LogP contribution in [0.1, 0.15) is 5.69 Å². The summed E-state index contributed by atoms with van der Waals surface area (Å²) in [4.78, 5) is 0. The third kappa shape index (κ3) is 2.62. The number of benzene rings is 1. The second kappa shape index (κ2) is 5.14. The molecular formula is C10H9ClN2O2S. The standard InChI is InChI=1S/C10H9ClN2O2S/c1-14-7-3-2-4-8(5-7)15-6-9-10(11)16-13-12-9/h2-5H,6H2,1H3. The van der Waals surface area contributed by atoms with Crippen molar-refractivity contribution in [3.63, 3.8) is 0 Å². The lowest BCUT2D eigenvalue weighted by Crippen LogP contribution is -1.96. The summed E-state index contributed by atoms with van der Waals surface area (Å²) in [6.07, 6.45) is 0. The van der Waals surface area contributed by atoms with Crippen molar-refractivity contribution in [2.75, 3.05) is 7.11 Å². The maximum absolute atomic E-state index is 5.85. The maximum atomic E-state index is 5.85. The SMILES string of the molecule is COc1cccc(OCc2nnsc2Cl)c1. The lowest BCUT2D eigenvalue weighted by Gasteiger charge is -2.05. The molecule has 1 heterocycles. The van der Waals surface area contributed by atoms with Gasteiger partial charge >= 0.3 is 0 Å². The van der Waals surface area contributed by atoms with Gasteiger partial charge in [0.15, 0.2) is 0 Å². The highest BCUT2D eigenvalue weighted by Gasteiger charge is 2.06. The summed E-state index contributed by atoms with van der Waals surface area (Å²) in [6, 6.07) is 7.35. The Morgan fingerprint density at radius 3 is 2.88 bits per heavy atom. The molecule has 0 atom stereocenters. The number of nitrogens with zero attached hydrogens (tertiary/aromatic N) is 2. The van der Waals surface area contributed by atoms with Crippen LogP contribution >= 0.6 is 23.1 Å². The third-order valence-electron chi connectivity index (χ3n) is 1.93. The summed E-state index contributed by atoms with van der Waals surface area (Å²) in [5.41, 5.74) is 0.648. The minimum absolute atomic E-state index is 0.308. The zero-order valence-corrected chi connectivity index (χ0v) is 10.1. The van der Waals surface area contributed by atoms with Gasteiger partial charge in [0, 0.05) is 17.6 Å². The van der Waals surface area contributed by atoms with Crippen LogP contribution in [-0.2, 0) is 6.61 Å². The molecule has 4 nitrogen and oxygen atoms in total. The van der Waals surface area contributed by atoms with E-state index in [0.717, 1.165) is 17.3 Å². The fourth-order valence-corrected chi connectivity index (χ4v) is 1.73. The van der Waals surface area contributed by atoms with Gasteiger partial charge in [-0.3, -0.25) is 0 Å². The molecule has 1 aromatic heterocycles. The first kappa shape index (κ1) is 11.2. The topological polar surface area (TPSA) is 44.2 Å². The van der Waals surface area contributed by atoms with Crippen molar-refractivity contribution in [3.8, 4) is 11.5 Å². The van der Waals surface area contributed by atoms with Crippen LogP contribution in [0.3, 0.4) is 0 Å². The van der Waals surface area contributed by atoms with Crippen LogP contribution in [0, 0.1) is 0 Å². The molecule has 0 unspecified atom stereocenters. The molecule has 1 aromatic carbocycles. The molecule has 0 radical (unpaired) electrons. The fourth-order valence-electron chi connectivity index (χ4n) is 1.13. The molecule has 2 rings (SSSR count). The number of hydrogen-bond donors (Lipinski definition) is 0. The summed E-state index contributed by atoms with van der Waals surface area (Å²) in [5, 5.41) is 3.85. The lowest BCUT2D eigenvalue weighted by atomic mass is 10.3. The van der Waals surface area contributed by atoms with Gasteiger partial charge in [-0.25, -0.2) is 0 Å². The van der Waals surface area contributed by atoms with Crippen molar-refractivity contribution in [3.05, 3.63) is 34.3 Å². The van der Waals surface area contributed by atoms with Crippen molar-refractivity contribution in [2.45, 2.75) is 6.61 Å². The van der Waals surface area contributed by atoms with Gasteiger partial charge in [-0.2, -0.15) is 0 Å². The van der Waals surface area contributed by atoms with Gasteiger partial charge in [0.25, 0.3) is 0 Å². The average Bonchev–Trinajstić information content (AvgIpc) is 2.72. The summed E-state index contributed by atoms with van der Waals surface area (Å²) in [7, 11) is 1.61. The van der Waals surface area contributed by atoms with E-state index in [-0.39, 0.29) is 0 Å². The number of rotatable bonds is 4. The highest BCUT2D eigenvalue weighted by molar-refractivity contribution is 7.10. The molecule has 84 valence electrons. The van der Waals surface area contributed by atoms with Gasteiger partial charge in [0.05, 0.1) is 7.11 Å². The number of aromatic nitrogens is 2. The Morgan fingerprint density at radius 1 is 1.38 bits per heavy atom. The second-order valence-corrected chi connectivity index (χ2v) is 4.32. The van der Waals surface area contributed by atoms with E-state index in [2.05, 4.69) is 9.59 Å². The number of ether oxygens (including phenoxy) is 2. The van der Waals surface area contributed by atoms with E-state index >= 15 is 0 Å². The van der Waals surface area contributed by atoms with Crippen LogP contribution < -0.4 is 9.47 Å². The molecule has 0 amide bonds. The molecule has 0 spiro atoms. The number of methoxy groups -OCH3 is 1. The quantitative estimate of drug-likeness (QED) is 0.844. The molecule has 0 bridgehead atoms. The van der Waals surface area contributed by atoms with Gasteiger partial charge in [-0.05, 0) is 12.1 Å². The van der Waals surface area contributed by atoms with E-state index in [1.807, 2.05) is 18.2 Å². The van der Waals surface area contributed by atoms with Gasteiger partial charge in [-0.1, -0.05) is 22.2 Å². The minimum Gasteiger partial charge on any atom is -0.497 e. The summed E-state index contributed by atoms with van der Waals surface area (Å²) in [6.45, 7) is 0.308. The Balaban J connectivity index is 2.02. The molecule has 0 aliphatic rings. The monoisotopic (exact) mass is 256 g/mol. The molecule has 2 aromatic rings. The van der Waals surface area contributed by atoms with Gasteiger partial charge < -0.3 is 9.47 Å². The Kier molecular flexibility index (Phi) is 3.58. The highest BCUT2D eigenvalue weighted by atomic mass is 35.5. The van der Waals surface area contributed by atoms with Crippen molar-refractivity contribution < 1.29 is 9.47 Å². The summed E-state index contributed by atoms with van der Waals surface area (Å²) < 4.78 is 14.9. The molecule has 0 fully saturated rings. The normalized spacial score (nSPS) is 10.1. The summed E-state index contributed by atoms with van der Waals surface area (Å²) >= 11 is 7.00. The zero-order valence-electron chi connectivity index (χ0n) is 8.51. The van der Waals surface area contributed by atoms with E-state index in [1.165, 1.54) is 0 Å². The van der Waals surface area contributed by atoms with Gasteiger partial charge in [0.1, 0.15) is 28.1 Å². The molecule has 6 heteroatoms. The first-order chi connectivity index (χ1) is 7.79. The molecule has 16 heavy (non-hydrogen) atoms. The van der Waals surface area contributed by atoms with Crippen LogP contribution in [0.2, 0.25) is 4.34 Å². The van der Waals surface area contributed by atoms with E-state index in [0.29, 0.717) is 22.4 Å². The van der Waals surface area contributed by atoms with Crippen LogP contribution in [0.5, 0.6) is 11.5 Å². The molecule has 0 aliphatic carbocycles. The fraction of sp³-hybridized carbons (Fsp3) is 0.200. The van der Waals surface area contributed by atoms with Crippen molar-refractivity contribution in [2.24, 2.45) is 0 Å². The van der Waals surface area contributed by atoms with Gasteiger partial charge in [-0.15, -0.1) is 5.10 Å².